The number of aryl methyl sites for hydroxylation is 1. The molecule has 0 saturated carbocycles. The summed E-state index contributed by atoms with van der Waals surface area (Å²) in [6.45, 7) is 4.74. The Labute approximate surface area is 149 Å². The van der Waals surface area contributed by atoms with E-state index in [1.807, 2.05) is 12.1 Å². The van der Waals surface area contributed by atoms with Crippen molar-refractivity contribution < 1.29 is 4.79 Å². The summed E-state index contributed by atoms with van der Waals surface area (Å²) in [6.07, 6.45) is 7.18. The first-order chi connectivity index (χ1) is 12.2. The summed E-state index contributed by atoms with van der Waals surface area (Å²) in [5, 5.41) is 9.05. The maximum atomic E-state index is 11.5. The van der Waals surface area contributed by atoms with Crippen molar-refractivity contribution in [2.24, 2.45) is 0 Å². The number of aromatic nitrogens is 3. The molecule has 0 spiro atoms. The van der Waals surface area contributed by atoms with Gasteiger partial charge in [-0.15, -0.1) is 10.2 Å². The number of rotatable bonds is 3. The average Bonchev–Trinajstić information content (AvgIpc) is 2.90. The molecule has 3 heterocycles. The number of piperidine rings is 1. The van der Waals surface area contributed by atoms with Crippen molar-refractivity contribution in [3.8, 4) is 0 Å². The molecule has 2 aliphatic heterocycles. The van der Waals surface area contributed by atoms with E-state index in [2.05, 4.69) is 31.8 Å². The van der Waals surface area contributed by atoms with E-state index in [1.165, 1.54) is 49.4 Å². The summed E-state index contributed by atoms with van der Waals surface area (Å²) in [5.41, 5.74) is 1.98. The van der Waals surface area contributed by atoms with E-state index in [4.69, 9.17) is 0 Å². The summed E-state index contributed by atoms with van der Waals surface area (Å²) < 4.78 is 2.39. The van der Waals surface area contributed by atoms with Crippen LogP contribution in [0.1, 0.15) is 67.0 Å². The molecular weight excluding hydrogens is 312 g/mol. The summed E-state index contributed by atoms with van der Waals surface area (Å²) in [7, 11) is 0. The van der Waals surface area contributed by atoms with Gasteiger partial charge < -0.3 is 9.47 Å². The predicted molar refractivity (Wildman–Crippen MR) is 98.2 cm³/mol. The van der Waals surface area contributed by atoms with E-state index in [1.54, 1.807) is 6.92 Å². The average molecular weight is 338 g/mol. The van der Waals surface area contributed by atoms with Crippen molar-refractivity contribution in [3.63, 3.8) is 0 Å². The molecule has 0 radical (unpaired) electrons. The second-order valence-corrected chi connectivity index (χ2v) is 7.32. The largest absolute Gasteiger partial charge is 0.371 e. The van der Waals surface area contributed by atoms with Gasteiger partial charge in [-0.3, -0.25) is 4.79 Å². The first kappa shape index (κ1) is 16.3. The molecule has 4 rings (SSSR count). The van der Waals surface area contributed by atoms with E-state index in [9.17, 15) is 4.79 Å². The standard InChI is InChI=1S/C20H26N4O/c1-15(25)16-8-10-18(11-9-16)23-12-5-6-17(14-23)20-22-21-19-7-3-2-4-13-24(19)20/h8-11,17H,2-7,12-14H2,1H3/t17-/m0/s1. The second kappa shape index (κ2) is 6.98. The lowest BCUT2D eigenvalue weighted by Crippen LogP contribution is -2.35. The van der Waals surface area contributed by atoms with Gasteiger partial charge >= 0.3 is 0 Å². The van der Waals surface area contributed by atoms with Gasteiger partial charge in [0.25, 0.3) is 0 Å². The van der Waals surface area contributed by atoms with Crippen LogP contribution >= 0.6 is 0 Å². The number of ketones is 1. The minimum Gasteiger partial charge on any atom is -0.371 e. The molecule has 0 aliphatic carbocycles. The van der Waals surface area contributed by atoms with Crippen molar-refractivity contribution in [2.45, 2.75) is 57.9 Å². The van der Waals surface area contributed by atoms with E-state index in [-0.39, 0.29) is 5.78 Å². The predicted octanol–water partition coefficient (Wildman–Crippen LogP) is 3.59. The monoisotopic (exact) mass is 338 g/mol. The fourth-order valence-electron chi connectivity index (χ4n) is 4.14. The van der Waals surface area contributed by atoms with Gasteiger partial charge in [0.15, 0.2) is 5.78 Å². The lowest BCUT2D eigenvalue weighted by Gasteiger charge is -2.34. The zero-order valence-electron chi connectivity index (χ0n) is 14.9. The molecule has 0 amide bonds. The van der Waals surface area contributed by atoms with Crippen molar-refractivity contribution >= 4 is 11.5 Å². The molecule has 1 atom stereocenters. The SMILES string of the molecule is CC(=O)c1ccc(N2CCC[C@H](c3nnc4n3CCCCC4)C2)cc1. The molecular formula is C20H26N4O. The fourth-order valence-corrected chi connectivity index (χ4v) is 4.14. The van der Waals surface area contributed by atoms with Crippen molar-refractivity contribution in [2.75, 3.05) is 18.0 Å². The van der Waals surface area contributed by atoms with E-state index in [0.29, 0.717) is 5.92 Å². The molecule has 0 N–H and O–H groups in total. The number of anilines is 1. The lowest BCUT2D eigenvalue weighted by atomic mass is 9.96. The topological polar surface area (TPSA) is 51.0 Å². The van der Waals surface area contributed by atoms with E-state index >= 15 is 0 Å². The van der Waals surface area contributed by atoms with Gasteiger partial charge in [0.2, 0.25) is 0 Å². The summed E-state index contributed by atoms with van der Waals surface area (Å²) >= 11 is 0. The summed E-state index contributed by atoms with van der Waals surface area (Å²) in [4.78, 5) is 13.9. The highest BCUT2D eigenvalue weighted by atomic mass is 16.1. The third-order valence-electron chi connectivity index (χ3n) is 5.56. The number of carbonyl (C=O) groups excluding carboxylic acids is 1. The molecule has 0 unspecified atom stereocenters. The zero-order chi connectivity index (χ0) is 17.2. The van der Waals surface area contributed by atoms with Crippen LogP contribution in [-0.4, -0.2) is 33.6 Å². The summed E-state index contributed by atoms with van der Waals surface area (Å²) in [6, 6.07) is 8.02. The molecule has 25 heavy (non-hydrogen) atoms. The van der Waals surface area contributed by atoms with Gasteiger partial charge in [-0.25, -0.2) is 0 Å². The van der Waals surface area contributed by atoms with Crippen LogP contribution in [0, 0.1) is 0 Å². The minimum atomic E-state index is 0.120. The number of nitrogens with zero attached hydrogens (tertiary/aromatic N) is 4. The Hall–Kier alpha value is -2.17. The van der Waals surface area contributed by atoms with Gasteiger partial charge in [-0.2, -0.15) is 0 Å². The first-order valence-corrected chi connectivity index (χ1v) is 9.50. The van der Waals surface area contributed by atoms with Crippen molar-refractivity contribution in [1.82, 2.24) is 14.8 Å². The number of Topliss-reactive ketones (excluding diaryl/α,β-unsaturated/α-hetero) is 1. The molecule has 1 aromatic carbocycles. The van der Waals surface area contributed by atoms with Gasteiger partial charge in [-0.05, 0) is 56.9 Å². The third kappa shape index (κ3) is 3.32. The van der Waals surface area contributed by atoms with Crippen LogP contribution in [0.5, 0.6) is 0 Å². The van der Waals surface area contributed by atoms with Crippen molar-refractivity contribution in [1.29, 1.82) is 0 Å². The van der Waals surface area contributed by atoms with Crippen LogP contribution in [0.25, 0.3) is 0 Å². The van der Waals surface area contributed by atoms with Gasteiger partial charge in [0.1, 0.15) is 11.6 Å². The van der Waals surface area contributed by atoms with Crippen LogP contribution in [0.4, 0.5) is 5.69 Å². The van der Waals surface area contributed by atoms with Gasteiger partial charge in [0.05, 0.1) is 0 Å². The molecule has 132 valence electrons. The molecule has 1 fully saturated rings. The fraction of sp³-hybridized carbons (Fsp3) is 0.550. The first-order valence-electron chi connectivity index (χ1n) is 9.50. The number of carbonyl (C=O) groups is 1. The maximum absolute atomic E-state index is 11.5. The van der Waals surface area contributed by atoms with E-state index in [0.717, 1.165) is 31.6 Å². The zero-order valence-corrected chi connectivity index (χ0v) is 14.9. The molecule has 2 aliphatic rings. The molecule has 2 aromatic rings. The summed E-state index contributed by atoms with van der Waals surface area (Å²) in [5.74, 6) is 2.92. The number of hydrogen-bond acceptors (Lipinski definition) is 4. The van der Waals surface area contributed by atoms with E-state index < -0.39 is 0 Å². The Bertz CT molecular complexity index is 750. The number of hydrogen-bond donors (Lipinski definition) is 0. The van der Waals surface area contributed by atoms with Gasteiger partial charge in [-0.1, -0.05) is 6.42 Å². The van der Waals surface area contributed by atoms with Crippen LogP contribution in [0.15, 0.2) is 24.3 Å². The Morgan fingerprint density at radius 1 is 1.04 bits per heavy atom. The third-order valence-corrected chi connectivity index (χ3v) is 5.56. The highest BCUT2D eigenvalue weighted by Gasteiger charge is 2.27. The minimum absolute atomic E-state index is 0.120. The van der Waals surface area contributed by atoms with Crippen LogP contribution < -0.4 is 4.90 Å². The Balaban J connectivity index is 1.53. The van der Waals surface area contributed by atoms with Crippen LogP contribution in [-0.2, 0) is 13.0 Å². The normalized spacial score (nSPS) is 20.8. The molecule has 5 heteroatoms. The maximum Gasteiger partial charge on any atom is 0.159 e. The highest BCUT2D eigenvalue weighted by molar-refractivity contribution is 5.94. The number of benzene rings is 1. The molecule has 0 bridgehead atoms. The van der Waals surface area contributed by atoms with Crippen LogP contribution in [0.2, 0.25) is 0 Å². The number of fused-ring (bicyclic) bond motifs is 1. The Kier molecular flexibility index (Phi) is 4.55. The second-order valence-electron chi connectivity index (χ2n) is 7.32. The smallest absolute Gasteiger partial charge is 0.159 e. The van der Waals surface area contributed by atoms with Gasteiger partial charge in [0, 0.05) is 43.2 Å². The highest BCUT2D eigenvalue weighted by Crippen LogP contribution is 2.30. The lowest BCUT2D eigenvalue weighted by molar-refractivity contribution is 0.101. The van der Waals surface area contributed by atoms with Crippen molar-refractivity contribution in [3.05, 3.63) is 41.5 Å². The quantitative estimate of drug-likeness (QED) is 0.803. The molecule has 5 nitrogen and oxygen atoms in total. The Morgan fingerprint density at radius 2 is 1.88 bits per heavy atom. The van der Waals surface area contributed by atoms with Crippen LogP contribution in [0.3, 0.4) is 0 Å². The molecule has 1 saturated heterocycles. The molecule has 1 aromatic heterocycles. The Morgan fingerprint density at radius 3 is 2.68 bits per heavy atom.